The van der Waals surface area contributed by atoms with Crippen molar-refractivity contribution in [1.82, 2.24) is 5.32 Å². The van der Waals surface area contributed by atoms with E-state index in [-0.39, 0.29) is 12.1 Å². The maximum Gasteiger partial charge on any atom is 0.0662 e. The van der Waals surface area contributed by atoms with E-state index in [2.05, 4.69) is 19.2 Å². The third kappa shape index (κ3) is 4.43. The fraction of sp³-hybridized carbons (Fsp3) is 1.00. The van der Waals surface area contributed by atoms with Crippen LogP contribution < -0.4 is 5.32 Å². The zero-order valence-corrected chi connectivity index (χ0v) is 6.68. The zero-order valence-electron chi connectivity index (χ0n) is 6.68. The summed E-state index contributed by atoms with van der Waals surface area (Å²) in [6.07, 6.45) is -0.257. The van der Waals surface area contributed by atoms with Gasteiger partial charge in [-0.2, -0.15) is 0 Å². The molecule has 0 aliphatic heterocycles. The molecule has 0 saturated carbocycles. The largest absolute Gasteiger partial charge is 0.392 e. The fourth-order valence-electron chi connectivity index (χ4n) is 0.665. The van der Waals surface area contributed by atoms with E-state index in [9.17, 15) is 0 Å². The van der Waals surface area contributed by atoms with E-state index in [4.69, 9.17) is 5.11 Å². The topological polar surface area (TPSA) is 32.3 Å². The quantitative estimate of drug-likeness (QED) is 0.592. The predicted octanol–water partition coefficient (Wildman–Crippen LogP) is 0.754. The van der Waals surface area contributed by atoms with Crippen LogP contribution in [-0.4, -0.2) is 23.3 Å². The lowest BCUT2D eigenvalue weighted by Gasteiger charge is -2.18. The first kappa shape index (κ1) is 8.92. The lowest BCUT2D eigenvalue weighted by atomic mass is 10.2. The number of rotatable bonds is 3. The summed E-state index contributed by atoms with van der Waals surface area (Å²) in [5.41, 5.74) is 0. The van der Waals surface area contributed by atoms with E-state index in [1.807, 2.05) is 6.92 Å². The Morgan fingerprint density at radius 2 is 1.56 bits per heavy atom. The maximum absolute atomic E-state index is 9.01. The van der Waals surface area contributed by atoms with Crippen molar-refractivity contribution < 1.29 is 5.11 Å². The van der Waals surface area contributed by atoms with Crippen LogP contribution in [0.1, 0.15) is 27.7 Å². The maximum atomic E-state index is 9.01. The average molecular weight is 131 g/mol. The molecule has 1 unspecified atom stereocenters. The molecule has 0 amide bonds. The molecular weight excluding hydrogens is 114 g/mol. The van der Waals surface area contributed by atoms with Gasteiger partial charge in [-0.1, -0.05) is 13.8 Å². The van der Waals surface area contributed by atoms with Crippen molar-refractivity contribution in [3.05, 3.63) is 0 Å². The number of aliphatic hydroxyl groups excluding tert-OH is 1. The summed E-state index contributed by atoms with van der Waals surface area (Å²) in [7, 11) is 0. The van der Waals surface area contributed by atoms with Crippen LogP contribution in [0.2, 0.25) is 0 Å². The number of hydrogen-bond acceptors (Lipinski definition) is 2. The van der Waals surface area contributed by atoms with Crippen molar-refractivity contribution in [2.24, 2.45) is 0 Å². The lowest BCUT2D eigenvalue weighted by molar-refractivity contribution is 0.148. The minimum Gasteiger partial charge on any atom is -0.392 e. The minimum absolute atomic E-state index is 0.199. The van der Waals surface area contributed by atoms with Crippen LogP contribution in [0, 0.1) is 0 Å². The second kappa shape index (κ2) is 3.85. The van der Waals surface area contributed by atoms with Gasteiger partial charge in [-0.15, -0.1) is 0 Å². The molecule has 0 heterocycles. The Kier molecular flexibility index (Phi) is 3.82. The van der Waals surface area contributed by atoms with Crippen LogP contribution in [0.25, 0.3) is 0 Å². The smallest absolute Gasteiger partial charge is 0.0662 e. The number of hydrogen-bond donors (Lipinski definition) is 2. The first-order chi connectivity index (χ1) is 4.04. The van der Waals surface area contributed by atoms with Crippen molar-refractivity contribution in [3.63, 3.8) is 0 Å². The van der Waals surface area contributed by atoms with Gasteiger partial charge >= 0.3 is 0 Å². The summed E-state index contributed by atoms with van der Waals surface area (Å²) in [5, 5.41) is 12.2. The van der Waals surface area contributed by atoms with E-state index >= 15 is 0 Å². The highest BCUT2D eigenvalue weighted by Gasteiger charge is 2.07. The van der Waals surface area contributed by atoms with Gasteiger partial charge in [-0.3, -0.25) is 0 Å². The standard InChI is InChI=1S/C7H17NO/c1-5(2)8-6(3)7(4)9/h5-9H,1-4H3/t6-,7?/m1/s1. The van der Waals surface area contributed by atoms with Crippen LogP contribution in [-0.2, 0) is 0 Å². The molecule has 0 radical (unpaired) electrons. The Balaban J connectivity index is 3.38. The summed E-state index contributed by atoms with van der Waals surface area (Å²) in [6, 6.07) is 0.652. The second-order valence-electron chi connectivity index (χ2n) is 2.85. The molecule has 0 saturated heterocycles. The monoisotopic (exact) mass is 131 g/mol. The molecule has 2 N–H and O–H groups in total. The zero-order chi connectivity index (χ0) is 7.44. The van der Waals surface area contributed by atoms with Crippen molar-refractivity contribution in [2.45, 2.75) is 45.9 Å². The Labute approximate surface area is 57.3 Å². The average Bonchev–Trinajstić information content (AvgIpc) is 1.63. The molecule has 2 nitrogen and oxygen atoms in total. The van der Waals surface area contributed by atoms with Gasteiger partial charge in [0.25, 0.3) is 0 Å². The Morgan fingerprint density at radius 3 is 1.67 bits per heavy atom. The Bertz CT molecular complexity index is 71.3. The van der Waals surface area contributed by atoms with Crippen molar-refractivity contribution in [3.8, 4) is 0 Å². The SMILES string of the molecule is CC(C)N[C@H](C)C(C)O. The van der Waals surface area contributed by atoms with Gasteiger partial charge in [0.05, 0.1) is 6.10 Å². The highest BCUT2D eigenvalue weighted by atomic mass is 16.3. The predicted molar refractivity (Wildman–Crippen MR) is 39.4 cm³/mol. The van der Waals surface area contributed by atoms with E-state index in [0.29, 0.717) is 6.04 Å². The van der Waals surface area contributed by atoms with Crippen LogP contribution in [0.5, 0.6) is 0 Å². The molecule has 0 aromatic carbocycles. The number of nitrogens with one attached hydrogen (secondary N) is 1. The molecule has 2 heteroatoms. The van der Waals surface area contributed by atoms with Gasteiger partial charge in [0.1, 0.15) is 0 Å². The summed E-state index contributed by atoms with van der Waals surface area (Å²) in [6.45, 7) is 7.91. The third-order valence-corrected chi connectivity index (χ3v) is 1.32. The van der Waals surface area contributed by atoms with Gasteiger partial charge in [-0.05, 0) is 13.8 Å². The molecule has 0 bridgehead atoms. The normalized spacial score (nSPS) is 18.0. The summed E-state index contributed by atoms with van der Waals surface area (Å²) in [4.78, 5) is 0. The highest BCUT2D eigenvalue weighted by Crippen LogP contribution is 1.91. The molecule has 0 rings (SSSR count). The van der Waals surface area contributed by atoms with Crippen molar-refractivity contribution >= 4 is 0 Å². The van der Waals surface area contributed by atoms with Crippen LogP contribution >= 0.6 is 0 Å². The third-order valence-electron chi connectivity index (χ3n) is 1.32. The molecular formula is C7H17NO. The van der Waals surface area contributed by atoms with Gasteiger partial charge in [-0.25, -0.2) is 0 Å². The lowest BCUT2D eigenvalue weighted by Crippen LogP contribution is -2.39. The molecule has 0 spiro atoms. The molecule has 0 fully saturated rings. The fourth-order valence-corrected chi connectivity index (χ4v) is 0.665. The van der Waals surface area contributed by atoms with Crippen LogP contribution in [0.4, 0.5) is 0 Å². The first-order valence-electron chi connectivity index (χ1n) is 3.48. The van der Waals surface area contributed by atoms with Crippen LogP contribution in [0.15, 0.2) is 0 Å². The molecule has 0 aromatic rings. The van der Waals surface area contributed by atoms with E-state index in [0.717, 1.165) is 0 Å². The van der Waals surface area contributed by atoms with E-state index in [1.54, 1.807) is 6.92 Å². The van der Waals surface area contributed by atoms with Crippen molar-refractivity contribution in [1.29, 1.82) is 0 Å². The molecule has 0 aliphatic carbocycles. The molecule has 9 heavy (non-hydrogen) atoms. The summed E-state index contributed by atoms with van der Waals surface area (Å²) < 4.78 is 0. The van der Waals surface area contributed by atoms with E-state index in [1.165, 1.54) is 0 Å². The summed E-state index contributed by atoms with van der Waals surface area (Å²) in [5.74, 6) is 0. The van der Waals surface area contributed by atoms with E-state index < -0.39 is 0 Å². The number of aliphatic hydroxyl groups is 1. The van der Waals surface area contributed by atoms with Gasteiger partial charge in [0.2, 0.25) is 0 Å². The molecule has 0 aromatic heterocycles. The molecule has 2 atom stereocenters. The minimum atomic E-state index is -0.257. The van der Waals surface area contributed by atoms with Crippen LogP contribution in [0.3, 0.4) is 0 Å². The molecule has 0 aliphatic rings. The Hall–Kier alpha value is -0.0800. The van der Waals surface area contributed by atoms with Crippen molar-refractivity contribution in [2.75, 3.05) is 0 Å². The molecule has 56 valence electrons. The second-order valence-corrected chi connectivity index (χ2v) is 2.85. The Morgan fingerprint density at radius 1 is 1.11 bits per heavy atom. The first-order valence-corrected chi connectivity index (χ1v) is 3.48. The van der Waals surface area contributed by atoms with Gasteiger partial charge in [0, 0.05) is 12.1 Å². The summed E-state index contributed by atoms with van der Waals surface area (Å²) >= 11 is 0. The highest BCUT2D eigenvalue weighted by molar-refractivity contribution is 4.68. The van der Waals surface area contributed by atoms with Gasteiger partial charge in [0.15, 0.2) is 0 Å². The van der Waals surface area contributed by atoms with Gasteiger partial charge < -0.3 is 10.4 Å².